The van der Waals surface area contributed by atoms with Crippen molar-refractivity contribution in [2.75, 3.05) is 22.5 Å². The molecule has 0 aliphatic rings. The lowest BCUT2D eigenvalue weighted by Crippen LogP contribution is -2.27. The number of amides is 2. The largest absolute Gasteiger partial charge is 0.400 e. The molecule has 0 spiro atoms. The summed E-state index contributed by atoms with van der Waals surface area (Å²) in [6.45, 7) is 5.59. The Labute approximate surface area is 203 Å². The van der Waals surface area contributed by atoms with Crippen molar-refractivity contribution in [3.8, 4) is 0 Å². The summed E-state index contributed by atoms with van der Waals surface area (Å²) in [5, 5.41) is 15.6. The summed E-state index contributed by atoms with van der Waals surface area (Å²) in [6.07, 6.45) is 0. The van der Waals surface area contributed by atoms with Gasteiger partial charge in [-0.15, -0.1) is 4.91 Å². The Bertz CT molecular complexity index is 1130. The Hall–Kier alpha value is -3.69. The predicted molar refractivity (Wildman–Crippen MR) is 138 cm³/mol. The van der Waals surface area contributed by atoms with Gasteiger partial charge in [-0.05, 0) is 71.7 Å². The second-order valence-corrected chi connectivity index (χ2v) is 8.96. The molecule has 2 amide bonds. The first kappa shape index (κ1) is 26.6. The molecule has 8 nitrogen and oxygen atoms in total. The molecule has 0 aliphatic heterocycles. The van der Waals surface area contributed by atoms with Crippen molar-refractivity contribution in [2.24, 2.45) is 10.6 Å². The number of nitroso groups, excluding NO2 is 1. The lowest BCUT2D eigenvalue weighted by Gasteiger charge is -2.17. The van der Waals surface area contributed by atoms with E-state index >= 15 is 0 Å². The molecule has 9 heteroatoms. The van der Waals surface area contributed by atoms with Gasteiger partial charge >= 0.3 is 0 Å². The van der Waals surface area contributed by atoms with Gasteiger partial charge in [0.05, 0.1) is 5.56 Å². The quantitative estimate of drug-likeness (QED) is 0.241. The number of carbonyl (C=O) groups is 2. The normalized spacial score (nSPS) is 10.4. The van der Waals surface area contributed by atoms with Gasteiger partial charge in [0.25, 0.3) is 5.91 Å². The van der Waals surface area contributed by atoms with Crippen molar-refractivity contribution in [1.82, 2.24) is 0 Å². The summed E-state index contributed by atoms with van der Waals surface area (Å²) in [5.74, 6) is -0.443. The third-order valence-electron chi connectivity index (χ3n) is 4.45. The van der Waals surface area contributed by atoms with E-state index in [1.165, 1.54) is 18.0 Å². The molecule has 0 unspecified atom stereocenters. The summed E-state index contributed by atoms with van der Waals surface area (Å²) in [4.78, 5) is 36.4. The van der Waals surface area contributed by atoms with Crippen LogP contribution in [0.5, 0.6) is 0 Å². The van der Waals surface area contributed by atoms with E-state index in [-0.39, 0.29) is 17.2 Å². The zero-order valence-corrected chi connectivity index (χ0v) is 20.3. The van der Waals surface area contributed by atoms with Gasteiger partial charge < -0.3 is 20.5 Å². The third kappa shape index (κ3) is 7.72. The number of aliphatic hydroxyl groups excluding tert-OH is 1. The van der Waals surface area contributed by atoms with Crippen molar-refractivity contribution in [2.45, 2.75) is 25.7 Å². The molecular formula is C25H28N4O4S. The molecule has 0 aromatic heterocycles. The van der Waals surface area contributed by atoms with E-state index in [9.17, 15) is 14.5 Å². The van der Waals surface area contributed by atoms with Gasteiger partial charge in [0.2, 0.25) is 5.91 Å². The summed E-state index contributed by atoms with van der Waals surface area (Å²) in [6, 6.07) is 21.1. The van der Waals surface area contributed by atoms with Crippen LogP contribution in [-0.4, -0.2) is 24.0 Å². The zero-order valence-electron chi connectivity index (χ0n) is 19.5. The number of carbonyl (C=O) groups excluding carboxylic acids is 2. The zero-order chi connectivity index (χ0) is 25.1. The molecule has 0 saturated carbocycles. The van der Waals surface area contributed by atoms with E-state index in [1.807, 2.05) is 63.2 Å². The van der Waals surface area contributed by atoms with E-state index in [2.05, 4.69) is 20.5 Å². The smallest absolute Gasteiger partial charge is 0.257 e. The summed E-state index contributed by atoms with van der Waals surface area (Å²) < 4.78 is 3.24. The number of hydrogen-bond donors (Lipinski definition) is 4. The molecule has 0 atom stereocenters. The second-order valence-electron chi connectivity index (χ2n) is 8.08. The van der Waals surface area contributed by atoms with E-state index in [0.717, 1.165) is 23.4 Å². The van der Waals surface area contributed by atoms with Crippen LogP contribution in [0.15, 0.2) is 82.9 Å². The summed E-state index contributed by atoms with van der Waals surface area (Å²) in [5.41, 5.74) is 2.05. The van der Waals surface area contributed by atoms with Gasteiger partial charge in [-0.25, -0.2) is 0 Å². The number of nitrogens with one attached hydrogen (secondary N) is 3. The molecule has 3 aromatic rings. The molecule has 4 N–H and O–H groups in total. The lowest BCUT2D eigenvalue weighted by molar-refractivity contribution is -0.123. The Morgan fingerprint density at radius 3 is 2.12 bits per heavy atom. The predicted octanol–water partition coefficient (Wildman–Crippen LogP) is 6.05. The monoisotopic (exact) mass is 480 g/mol. The Kier molecular flexibility index (Phi) is 9.78. The second kappa shape index (κ2) is 12.5. The molecule has 3 rings (SSSR count). The van der Waals surface area contributed by atoms with Gasteiger partial charge in [0.15, 0.2) is 0 Å². The standard InChI is InChI=1S/C24H24N4O3S.CH4O/c1-24(2,3)23(30)26-16-11-13-17(14-12-16)28-32-19-8-6-7-18(15-19)25-22(29)20-9-4-5-10-21(20)27-31;1-2/h4-15,28H,1-3H3,(H,25,29)(H,26,30);2H,1H3. The first-order valence-corrected chi connectivity index (χ1v) is 11.2. The van der Waals surface area contributed by atoms with Crippen molar-refractivity contribution in [1.29, 1.82) is 0 Å². The SMILES string of the molecule is CC(C)(C)C(=O)Nc1ccc(NSc2cccc(NC(=O)c3ccccc3N=O)c2)cc1.CO. The highest BCUT2D eigenvalue weighted by Gasteiger charge is 2.21. The molecule has 3 aromatic carbocycles. The van der Waals surface area contributed by atoms with E-state index < -0.39 is 11.3 Å². The van der Waals surface area contributed by atoms with E-state index in [1.54, 1.807) is 24.3 Å². The Morgan fingerprint density at radius 2 is 1.47 bits per heavy atom. The van der Waals surface area contributed by atoms with Crippen LogP contribution in [0.3, 0.4) is 0 Å². The maximum absolute atomic E-state index is 12.5. The van der Waals surface area contributed by atoms with Crippen LogP contribution >= 0.6 is 11.9 Å². The van der Waals surface area contributed by atoms with Gasteiger partial charge in [0, 0.05) is 34.5 Å². The molecule has 34 heavy (non-hydrogen) atoms. The summed E-state index contributed by atoms with van der Waals surface area (Å²) in [7, 11) is 1.00. The topological polar surface area (TPSA) is 120 Å². The van der Waals surface area contributed by atoms with Crippen LogP contribution in [0.25, 0.3) is 0 Å². The van der Waals surface area contributed by atoms with E-state index in [4.69, 9.17) is 5.11 Å². The molecule has 0 fully saturated rings. The minimum absolute atomic E-state index is 0.0435. The van der Waals surface area contributed by atoms with Crippen LogP contribution in [0.2, 0.25) is 0 Å². The third-order valence-corrected chi connectivity index (χ3v) is 5.28. The number of hydrogen-bond acceptors (Lipinski definition) is 7. The highest BCUT2D eigenvalue weighted by atomic mass is 32.2. The molecule has 0 heterocycles. The van der Waals surface area contributed by atoms with Gasteiger partial charge in [-0.1, -0.05) is 39.0 Å². The number of rotatable bonds is 7. The van der Waals surface area contributed by atoms with Crippen LogP contribution in [0, 0.1) is 10.3 Å². The van der Waals surface area contributed by atoms with Crippen LogP contribution in [0.1, 0.15) is 31.1 Å². The molecule has 178 valence electrons. The number of anilines is 3. The Balaban J connectivity index is 0.00000199. The fourth-order valence-electron chi connectivity index (χ4n) is 2.64. The minimum atomic E-state index is -0.459. The lowest BCUT2D eigenvalue weighted by atomic mass is 9.95. The van der Waals surface area contributed by atoms with Gasteiger partial charge in [0.1, 0.15) is 5.69 Å². The van der Waals surface area contributed by atoms with Crippen molar-refractivity contribution >= 4 is 46.5 Å². The average Bonchev–Trinajstić information content (AvgIpc) is 2.84. The summed E-state index contributed by atoms with van der Waals surface area (Å²) >= 11 is 1.39. The molecule has 0 bridgehead atoms. The van der Waals surface area contributed by atoms with Crippen LogP contribution in [0.4, 0.5) is 22.7 Å². The fourth-order valence-corrected chi connectivity index (χ4v) is 3.34. The minimum Gasteiger partial charge on any atom is -0.400 e. The Morgan fingerprint density at radius 1 is 0.824 bits per heavy atom. The highest BCUT2D eigenvalue weighted by molar-refractivity contribution is 8.00. The van der Waals surface area contributed by atoms with Crippen LogP contribution < -0.4 is 15.4 Å². The first-order chi connectivity index (χ1) is 16.3. The van der Waals surface area contributed by atoms with Crippen molar-refractivity contribution in [3.63, 3.8) is 0 Å². The maximum atomic E-state index is 12.5. The fraction of sp³-hybridized carbons (Fsp3) is 0.200. The first-order valence-electron chi connectivity index (χ1n) is 10.4. The van der Waals surface area contributed by atoms with Gasteiger partial charge in [-0.2, -0.15) is 0 Å². The number of aliphatic hydroxyl groups is 1. The molecule has 0 aliphatic carbocycles. The number of benzene rings is 3. The molecular weight excluding hydrogens is 452 g/mol. The van der Waals surface area contributed by atoms with Crippen LogP contribution in [-0.2, 0) is 4.79 Å². The molecule has 0 radical (unpaired) electrons. The van der Waals surface area contributed by atoms with Gasteiger partial charge in [-0.3, -0.25) is 9.59 Å². The molecule has 0 saturated heterocycles. The number of nitrogens with zero attached hydrogens (tertiary/aromatic N) is 1. The van der Waals surface area contributed by atoms with Crippen molar-refractivity contribution < 1.29 is 14.7 Å². The van der Waals surface area contributed by atoms with E-state index in [0.29, 0.717) is 5.69 Å². The average molecular weight is 481 g/mol. The highest BCUT2D eigenvalue weighted by Crippen LogP contribution is 2.26. The van der Waals surface area contributed by atoms with Crippen molar-refractivity contribution in [3.05, 3.63) is 83.3 Å². The maximum Gasteiger partial charge on any atom is 0.257 e.